The minimum Gasteiger partial charge on any atom is -0.466 e. The van der Waals surface area contributed by atoms with Crippen molar-refractivity contribution in [1.29, 1.82) is 0 Å². The molecule has 3 rings (SSSR count). The lowest BCUT2D eigenvalue weighted by Crippen LogP contribution is -2.45. The summed E-state index contributed by atoms with van der Waals surface area (Å²) in [7, 11) is 2.08. The fraction of sp³-hybridized carbons (Fsp3) is 0.444. The van der Waals surface area contributed by atoms with Crippen molar-refractivity contribution >= 4 is 11.7 Å². The van der Waals surface area contributed by atoms with E-state index in [9.17, 15) is 4.79 Å². The molecule has 1 amide bonds. The number of hydrogen-bond acceptors (Lipinski definition) is 4. The number of aromatic nitrogens is 1. The average Bonchev–Trinajstić information content (AvgIpc) is 2.93. The van der Waals surface area contributed by atoms with Crippen molar-refractivity contribution in [2.24, 2.45) is 0 Å². The zero-order valence-electron chi connectivity index (χ0n) is 14.0. The van der Waals surface area contributed by atoms with E-state index >= 15 is 0 Å². The summed E-state index contributed by atoms with van der Waals surface area (Å²) in [6, 6.07) is 8.20. The van der Waals surface area contributed by atoms with Crippen LogP contribution in [0.5, 0.6) is 0 Å². The molecule has 1 aliphatic heterocycles. The zero-order chi connectivity index (χ0) is 16.4. The highest BCUT2D eigenvalue weighted by Crippen LogP contribution is 2.23. The second-order valence-electron chi connectivity index (χ2n) is 6.15. The van der Waals surface area contributed by atoms with Crippen molar-refractivity contribution < 1.29 is 9.21 Å². The second-order valence-corrected chi connectivity index (χ2v) is 6.15. The number of rotatable bonds is 3. The lowest BCUT2D eigenvalue weighted by molar-refractivity contribution is 0.0711. The first-order valence-corrected chi connectivity index (χ1v) is 8.06. The molecular formula is C18H23N3O2. The summed E-state index contributed by atoms with van der Waals surface area (Å²) in [5.41, 5.74) is 0.694. The Morgan fingerprint density at radius 2 is 2.04 bits per heavy atom. The Morgan fingerprint density at radius 3 is 2.61 bits per heavy atom. The SMILES string of the molecule is Cc1cc(C(=O)N2CCC(N(C)c3ccccn3)CC2)c(C)o1. The van der Waals surface area contributed by atoms with Gasteiger partial charge in [0.2, 0.25) is 0 Å². The van der Waals surface area contributed by atoms with Gasteiger partial charge in [-0.3, -0.25) is 4.79 Å². The van der Waals surface area contributed by atoms with E-state index in [0.29, 0.717) is 17.4 Å². The van der Waals surface area contributed by atoms with Gasteiger partial charge in [0.15, 0.2) is 0 Å². The molecule has 0 aromatic carbocycles. The Morgan fingerprint density at radius 1 is 1.30 bits per heavy atom. The first-order chi connectivity index (χ1) is 11.1. The first-order valence-electron chi connectivity index (χ1n) is 8.06. The van der Waals surface area contributed by atoms with E-state index in [2.05, 4.69) is 16.9 Å². The molecule has 1 saturated heterocycles. The molecule has 5 heteroatoms. The van der Waals surface area contributed by atoms with Gasteiger partial charge in [-0.1, -0.05) is 6.07 Å². The summed E-state index contributed by atoms with van der Waals surface area (Å²) in [5, 5.41) is 0. The fourth-order valence-electron chi connectivity index (χ4n) is 3.22. The lowest BCUT2D eigenvalue weighted by atomic mass is 10.0. The van der Waals surface area contributed by atoms with Gasteiger partial charge < -0.3 is 14.2 Å². The van der Waals surface area contributed by atoms with Crippen molar-refractivity contribution in [2.75, 3.05) is 25.0 Å². The van der Waals surface area contributed by atoms with E-state index in [1.165, 1.54) is 0 Å². The van der Waals surface area contributed by atoms with Gasteiger partial charge in [-0.2, -0.15) is 0 Å². The van der Waals surface area contributed by atoms with Gasteiger partial charge in [-0.15, -0.1) is 0 Å². The van der Waals surface area contributed by atoms with Gasteiger partial charge in [0.25, 0.3) is 5.91 Å². The number of amides is 1. The molecule has 0 aliphatic carbocycles. The topological polar surface area (TPSA) is 49.6 Å². The summed E-state index contributed by atoms with van der Waals surface area (Å²) < 4.78 is 5.48. The monoisotopic (exact) mass is 313 g/mol. The Kier molecular flexibility index (Phi) is 4.37. The third-order valence-corrected chi connectivity index (χ3v) is 4.58. The largest absolute Gasteiger partial charge is 0.466 e. The van der Waals surface area contributed by atoms with Crippen LogP contribution in [0, 0.1) is 13.8 Å². The van der Waals surface area contributed by atoms with Crippen molar-refractivity contribution in [3.8, 4) is 0 Å². The molecule has 0 radical (unpaired) electrons. The summed E-state index contributed by atoms with van der Waals surface area (Å²) in [6.07, 6.45) is 3.72. The van der Waals surface area contributed by atoms with Crippen LogP contribution in [0.3, 0.4) is 0 Å². The second kappa shape index (κ2) is 6.44. The number of likely N-dealkylation sites (tertiary alicyclic amines) is 1. The quantitative estimate of drug-likeness (QED) is 0.874. The predicted molar refractivity (Wildman–Crippen MR) is 89.7 cm³/mol. The Hall–Kier alpha value is -2.30. The van der Waals surface area contributed by atoms with Crippen LogP contribution in [0.2, 0.25) is 0 Å². The highest BCUT2D eigenvalue weighted by Gasteiger charge is 2.28. The molecule has 2 aromatic heterocycles. The van der Waals surface area contributed by atoms with E-state index in [1.807, 2.05) is 49.2 Å². The molecule has 1 fully saturated rings. The molecule has 1 aliphatic rings. The van der Waals surface area contributed by atoms with Gasteiger partial charge in [-0.05, 0) is 44.9 Å². The third kappa shape index (κ3) is 3.23. The van der Waals surface area contributed by atoms with Crippen LogP contribution < -0.4 is 4.90 Å². The van der Waals surface area contributed by atoms with E-state index in [-0.39, 0.29) is 5.91 Å². The number of furan rings is 1. The molecule has 3 heterocycles. The summed E-state index contributed by atoms with van der Waals surface area (Å²) >= 11 is 0. The third-order valence-electron chi connectivity index (χ3n) is 4.58. The Labute approximate surface area is 136 Å². The van der Waals surface area contributed by atoms with Crippen molar-refractivity contribution in [3.63, 3.8) is 0 Å². The summed E-state index contributed by atoms with van der Waals surface area (Å²) in [4.78, 5) is 21.2. The van der Waals surface area contributed by atoms with Crippen molar-refractivity contribution in [3.05, 3.63) is 47.5 Å². The number of carbonyl (C=O) groups excluding carboxylic acids is 1. The Bertz CT molecular complexity index is 673. The molecule has 0 unspecified atom stereocenters. The number of hydrogen-bond donors (Lipinski definition) is 0. The van der Waals surface area contributed by atoms with Crippen LogP contribution in [-0.2, 0) is 0 Å². The maximum Gasteiger partial charge on any atom is 0.257 e. The van der Waals surface area contributed by atoms with E-state index < -0.39 is 0 Å². The number of pyridine rings is 1. The molecule has 5 nitrogen and oxygen atoms in total. The normalized spacial score (nSPS) is 15.7. The lowest BCUT2D eigenvalue weighted by Gasteiger charge is -2.37. The van der Waals surface area contributed by atoms with E-state index in [1.54, 1.807) is 0 Å². The summed E-state index contributed by atoms with van der Waals surface area (Å²) in [6.45, 7) is 5.26. The molecule has 23 heavy (non-hydrogen) atoms. The molecule has 0 atom stereocenters. The number of piperidine rings is 1. The van der Waals surface area contributed by atoms with Crippen LogP contribution in [0.25, 0.3) is 0 Å². The van der Waals surface area contributed by atoms with Crippen LogP contribution in [0.15, 0.2) is 34.9 Å². The number of anilines is 1. The van der Waals surface area contributed by atoms with Gasteiger partial charge in [0, 0.05) is 32.4 Å². The number of nitrogens with zero attached hydrogens (tertiary/aromatic N) is 3. The Balaban J connectivity index is 1.62. The van der Waals surface area contributed by atoms with Crippen LogP contribution in [0.4, 0.5) is 5.82 Å². The fourth-order valence-corrected chi connectivity index (χ4v) is 3.22. The van der Waals surface area contributed by atoms with Crippen LogP contribution in [-0.4, -0.2) is 42.0 Å². The summed E-state index contributed by atoms with van der Waals surface area (Å²) in [5.74, 6) is 2.56. The molecular weight excluding hydrogens is 290 g/mol. The van der Waals surface area contributed by atoms with Gasteiger partial charge >= 0.3 is 0 Å². The zero-order valence-corrected chi connectivity index (χ0v) is 14.0. The molecule has 2 aromatic rings. The minimum absolute atomic E-state index is 0.0817. The molecule has 122 valence electrons. The molecule has 0 N–H and O–H groups in total. The predicted octanol–water partition coefficient (Wildman–Crippen LogP) is 3.03. The van der Waals surface area contributed by atoms with E-state index in [0.717, 1.165) is 37.5 Å². The number of carbonyl (C=O) groups is 1. The smallest absolute Gasteiger partial charge is 0.257 e. The maximum atomic E-state index is 12.6. The maximum absolute atomic E-state index is 12.6. The first kappa shape index (κ1) is 15.6. The van der Waals surface area contributed by atoms with Gasteiger partial charge in [0.1, 0.15) is 17.3 Å². The highest BCUT2D eigenvalue weighted by molar-refractivity contribution is 5.95. The van der Waals surface area contributed by atoms with Gasteiger partial charge in [0.05, 0.1) is 5.56 Å². The highest BCUT2D eigenvalue weighted by atomic mass is 16.3. The van der Waals surface area contributed by atoms with Crippen molar-refractivity contribution in [2.45, 2.75) is 32.7 Å². The minimum atomic E-state index is 0.0817. The van der Waals surface area contributed by atoms with Crippen molar-refractivity contribution in [1.82, 2.24) is 9.88 Å². The molecule has 0 spiro atoms. The standard InChI is InChI=1S/C18H23N3O2/c1-13-12-16(14(2)23-13)18(22)21-10-7-15(8-11-21)20(3)17-6-4-5-9-19-17/h4-6,9,12,15H,7-8,10-11H2,1-3H3. The number of aryl methyl sites for hydroxylation is 2. The van der Waals surface area contributed by atoms with Crippen LogP contribution in [0.1, 0.15) is 34.7 Å². The molecule has 0 bridgehead atoms. The van der Waals surface area contributed by atoms with E-state index in [4.69, 9.17) is 4.42 Å². The average molecular weight is 313 g/mol. The molecule has 0 saturated carbocycles. The van der Waals surface area contributed by atoms with Gasteiger partial charge in [-0.25, -0.2) is 4.98 Å². The van der Waals surface area contributed by atoms with Crippen LogP contribution >= 0.6 is 0 Å².